The summed E-state index contributed by atoms with van der Waals surface area (Å²) in [6, 6.07) is 31.4. The lowest BCUT2D eigenvalue weighted by Gasteiger charge is -2.22. The first-order valence-electron chi connectivity index (χ1n) is 15.1. The van der Waals surface area contributed by atoms with Gasteiger partial charge < -0.3 is 4.98 Å². The molecule has 6 rings (SSSR count). The fourth-order valence-corrected chi connectivity index (χ4v) is 5.75. The number of rotatable bonds is 3. The van der Waals surface area contributed by atoms with Gasteiger partial charge in [0.2, 0.25) is 0 Å². The molecule has 3 nitrogen and oxygen atoms in total. The van der Waals surface area contributed by atoms with Gasteiger partial charge in [0.25, 0.3) is 0 Å². The van der Waals surface area contributed by atoms with Crippen LogP contribution in [0.5, 0.6) is 0 Å². The molecule has 0 bridgehead atoms. The SMILES string of the molecule is CC(C)(C)c1ccc(-n2ccc(-c3ccc(-c4c5cc(C(C)(C)C)ccc5cc5ccc(C(C)(C)C)cc45)[nH]3)n2)cc1. The molecule has 214 valence electrons. The number of nitrogens with one attached hydrogen (secondary N) is 1. The van der Waals surface area contributed by atoms with Crippen LogP contribution in [-0.2, 0) is 16.2 Å². The van der Waals surface area contributed by atoms with Crippen LogP contribution in [0.2, 0.25) is 0 Å². The fraction of sp³-hybridized carbons (Fsp3) is 0.308. The Bertz CT molecular complexity index is 1840. The van der Waals surface area contributed by atoms with Crippen molar-refractivity contribution in [2.24, 2.45) is 0 Å². The summed E-state index contributed by atoms with van der Waals surface area (Å²) in [4.78, 5) is 3.76. The van der Waals surface area contributed by atoms with E-state index in [1.165, 1.54) is 43.8 Å². The highest BCUT2D eigenvalue weighted by Crippen LogP contribution is 2.40. The number of aromatic nitrogens is 3. The van der Waals surface area contributed by atoms with Crippen LogP contribution in [0, 0.1) is 0 Å². The Kier molecular flexibility index (Phi) is 6.49. The van der Waals surface area contributed by atoms with Crippen LogP contribution in [0.25, 0.3) is 49.9 Å². The number of benzene rings is 4. The number of hydrogen-bond donors (Lipinski definition) is 1. The van der Waals surface area contributed by atoms with Crippen molar-refractivity contribution in [3.63, 3.8) is 0 Å². The van der Waals surface area contributed by atoms with Crippen molar-refractivity contribution >= 4 is 21.5 Å². The minimum Gasteiger partial charge on any atom is -0.353 e. The quantitative estimate of drug-likeness (QED) is 0.217. The summed E-state index contributed by atoms with van der Waals surface area (Å²) < 4.78 is 1.96. The van der Waals surface area contributed by atoms with Crippen LogP contribution in [0.15, 0.2) is 91.1 Å². The Labute approximate surface area is 250 Å². The molecule has 0 saturated carbocycles. The Morgan fingerprint density at radius 1 is 0.524 bits per heavy atom. The van der Waals surface area contributed by atoms with Crippen molar-refractivity contribution < 1.29 is 0 Å². The van der Waals surface area contributed by atoms with Gasteiger partial charge in [-0.15, -0.1) is 0 Å². The summed E-state index contributed by atoms with van der Waals surface area (Å²) in [5, 5.41) is 10.0. The van der Waals surface area contributed by atoms with E-state index in [0.717, 1.165) is 22.8 Å². The molecule has 0 unspecified atom stereocenters. The van der Waals surface area contributed by atoms with Gasteiger partial charge in [-0.1, -0.05) is 98.7 Å². The Balaban J connectivity index is 1.48. The first-order valence-corrected chi connectivity index (χ1v) is 15.1. The molecule has 0 aliphatic rings. The maximum absolute atomic E-state index is 4.95. The minimum absolute atomic E-state index is 0.0620. The Morgan fingerprint density at radius 2 is 1.02 bits per heavy atom. The van der Waals surface area contributed by atoms with Gasteiger partial charge in [-0.2, -0.15) is 5.10 Å². The summed E-state index contributed by atoms with van der Waals surface area (Å²) >= 11 is 0. The van der Waals surface area contributed by atoms with Crippen LogP contribution < -0.4 is 0 Å². The topological polar surface area (TPSA) is 33.6 Å². The smallest absolute Gasteiger partial charge is 0.109 e. The van der Waals surface area contributed by atoms with Gasteiger partial charge in [-0.3, -0.25) is 0 Å². The lowest BCUT2D eigenvalue weighted by Crippen LogP contribution is -2.11. The molecule has 0 amide bonds. The summed E-state index contributed by atoms with van der Waals surface area (Å²) in [6.07, 6.45) is 2.04. The van der Waals surface area contributed by atoms with Gasteiger partial charge in [-0.25, -0.2) is 4.68 Å². The van der Waals surface area contributed by atoms with Crippen molar-refractivity contribution in [2.75, 3.05) is 0 Å². The van der Waals surface area contributed by atoms with Crippen LogP contribution in [0.1, 0.15) is 79.0 Å². The van der Waals surface area contributed by atoms with Crippen molar-refractivity contribution in [1.29, 1.82) is 0 Å². The van der Waals surface area contributed by atoms with Gasteiger partial charge in [0.15, 0.2) is 0 Å². The minimum atomic E-state index is 0.0620. The fourth-order valence-electron chi connectivity index (χ4n) is 5.75. The molecule has 6 aromatic rings. The van der Waals surface area contributed by atoms with Gasteiger partial charge in [0.05, 0.1) is 11.4 Å². The zero-order chi connectivity index (χ0) is 30.0. The van der Waals surface area contributed by atoms with Crippen LogP contribution in [0.3, 0.4) is 0 Å². The molecule has 0 aliphatic heterocycles. The van der Waals surface area contributed by atoms with Gasteiger partial charge in [-0.05, 0) is 103 Å². The molecule has 0 spiro atoms. The normalized spacial score (nSPS) is 12.9. The van der Waals surface area contributed by atoms with Crippen LogP contribution in [-0.4, -0.2) is 14.8 Å². The van der Waals surface area contributed by atoms with E-state index in [9.17, 15) is 0 Å². The Hall–Kier alpha value is -4.11. The third-order valence-electron chi connectivity index (χ3n) is 8.51. The molecule has 1 N–H and O–H groups in total. The second-order valence-electron chi connectivity index (χ2n) is 14.9. The van der Waals surface area contributed by atoms with Crippen LogP contribution >= 0.6 is 0 Å². The van der Waals surface area contributed by atoms with Gasteiger partial charge >= 0.3 is 0 Å². The van der Waals surface area contributed by atoms with Crippen molar-refractivity contribution in [3.8, 4) is 28.3 Å². The molecule has 0 fully saturated rings. The van der Waals surface area contributed by atoms with E-state index >= 15 is 0 Å². The third kappa shape index (κ3) is 5.17. The van der Waals surface area contributed by atoms with Gasteiger partial charge in [0.1, 0.15) is 5.69 Å². The monoisotopic (exact) mass is 553 g/mol. The van der Waals surface area contributed by atoms with Crippen molar-refractivity contribution in [1.82, 2.24) is 14.8 Å². The molecule has 4 aromatic carbocycles. The largest absolute Gasteiger partial charge is 0.353 e. The van der Waals surface area contributed by atoms with Crippen molar-refractivity contribution in [2.45, 2.75) is 78.6 Å². The number of hydrogen-bond acceptors (Lipinski definition) is 1. The standard InChI is InChI=1S/C39H43N3/c1-37(2,3)27-14-16-30(17-15-27)42-21-20-34(41-42)33-18-19-35(40-33)36-31-23-28(38(4,5)6)12-10-25(31)22-26-11-13-29(24-32(26)36)39(7,8)9/h10-24,40H,1-9H3. The molecule has 2 heterocycles. The number of H-pyrrole nitrogens is 1. The molecule has 0 radical (unpaired) electrons. The zero-order valence-corrected chi connectivity index (χ0v) is 26.6. The van der Waals surface area contributed by atoms with Crippen LogP contribution in [0.4, 0.5) is 0 Å². The molecular formula is C39H43N3. The molecule has 0 aliphatic carbocycles. The summed E-state index contributed by atoms with van der Waals surface area (Å²) in [6.45, 7) is 20.4. The number of nitrogens with zero attached hydrogens (tertiary/aromatic N) is 2. The summed E-state index contributed by atoms with van der Waals surface area (Å²) in [5.74, 6) is 0. The second kappa shape index (κ2) is 9.73. The van der Waals surface area contributed by atoms with E-state index in [2.05, 4.69) is 152 Å². The zero-order valence-electron chi connectivity index (χ0n) is 26.6. The molecule has 3 heteroatoms. The van der Waals surface area contributed by atoms with E-state index < -0.39 is 0 Å². The molecule has 0 saturated heterocycles. The highest BCUT2D eigenvalue weighted by molar-refractivity contribution is 6.12. The van der Waals surface area contributed by atoms with E-state index in [0.29, 0.717) is 0 Å². The molecule has 2 aromatic heterocycles. The van der Waals surface area contributed by atoms with E-state index in [1.54, 1.807) is 0 Å². The van der Waals surface area contributed by atoms with E-state index in [4.69, 9.17) is 5.10 Å². The molecular weight excluding hydrogens is 510 g/mol. The Morgan fingerprint density at radius 3 is 1.55 bits per heavy atom. The molecule has 42 heavy (non-hydrogen) atoms. The highest BCUT2D eigenvalue weighted by Gasteiger charge is 2.20. The highest BCUT2D eigenvalue weighted by atomic mass is 15.3. The summed E-state index contributed by atoms with van der Waals surface area (Å²) in [7, 11) is 0. The lowest BCUT2D eigenvalue weighted by atomic mass is 9.82. The predicted octanol–water partition coefficient (Wildman–Crippen LogP) is 10.7. The third-order valence-corrected chi connectivity index (χ3v) is 8.51. The van der Waals surface area contributed by atoms with Crippen molar-refractivity contribution in [3.05, 3.63) is 108 Å². The average molecular weight is 554 g/mol. The average Bonchev–Trinajstić information content (AvgIpc) is 3.60. The maximum Gasteiger partial charge on any atom is 0.109 e. The number of aromatic amines is 1. The van der Waals surface area contributed by atoms with E-state index in [-0.39, 0.29) is 16.2 Å². The first kappa shape index (κ1) is 28.0. The van der Waals surface area contributed by atoms with E-state index in [1.807, 2.05) is 10.9 Å². The van der Waals surface area contributed by atoms with Gasteiger partial charge in [0, 0.05) is 17.5 Å². The number of fused-ring (bicyclic) bond motifs is 2. The predicted molar refractivity (Wildman–Crippen MR) is 180 cm³/mol. The maximum atomic E-state index is 4.95. The second-order valence-corrected chi connectivity index (χ2v) is 14.9. The lowest BCUT2D eigenvalue weighted by molar-refractivity contribution is 0.590. The molecule has 0 atom stereocenters. The first-order chi connectivity index (χ1) is 19.7. The summed E-state index contributed by atoms with van der Waals surface area (Å²) in [5.41, 5.74) is 9.61.